The number of carbonyl (C=O) groups is 2. The lowest BCUT2D eigenvalue weighted by Gasteiger charge is -2.41. The van der Waals surface area contributed by atoms with Gasteiger partial charge < -0.3 is 21.7 Å². The normalized spacial score (nSPS) is 19.6. The molecule has 2 fully saturated rings. The number of nitrogens with zero attached hydrogens (tertiary/aromatic N) is 4. The highest BCUT2D eigenvalue weighted by molar-refractivity contribution is 8.04. The molecular formula is C35H45N7O3S. The fraction of sp³-hybridized carbons (Fsp3) is 0.371. The van der Waals surface area contributed by atoms with E-state index >= 15 is 0 Å². The van der Waals surface area contributed by atoms with E-state index in [1.165, 1.54) is 50.3 Å². The fourth-order valence-corrected chi connectivity index (χ4v) is 6.21. The molecule has 5 N–H and O–H groups in total. The van der Waals surface area contributed by atoms with Crippen LogP contribution in [0.1, 0.15) is 49.5 Å². The first-order valence-electron chi connectivity index (χ1n) is 15.4. The highest BCUT2D eigenvalue weighted by Gasteiger charge is 2.41. The Labute approximate surface area is 277 Å². The number of thioether (sulfide) groups is 1. The van der Waals surface area contributed by atoms with E-state index < -0.39 is 16.7 Å². The first kappa shape index (κ1) is 38.0. The molecule has 2 heterocycles. The van der Waals surface area contributed by atoms with Crippen molar-refractivity contribution in [2.24, 2.45) is 11.5 Å². The number of likely N-dealkylation sites (tertiary alicyclic amines) is 1. The standard InChI is InChI=1S/C27H26N6O3S.C6H13N.C2H6/c1-3-5-18(14-28)6-4-11-32-26(35)23(15-29)24-16-33(2)36-27(17-30,37-24)22-10-9-19-12-21(25(31)34)8-7-20(19)13-22;1-2-7-5-3-4-6-7;1-2/h3-10,12-13H,1,11,16-17,30H2,2H3,(H2,31,34)(H,32,35);2-6H2,1H3;1-2H3/b6-4-,18-5+,24-23-;;. The predicted octanol–water partition coefficient (Wildman–Crippen LogP) is 4.87. The molecule has 2 amide bonds. The summed E-state index contributed by atoms with van der Waals surface area (Å²) in [5, 5.41) is 24.8. The SMILES string of the molecule is C=C/C=C(C#N)\C=C/CNC(=O)/C(C#N)=C1/CN(C)OC(CN)(c2ccc3cc(C(N)=O)ccc3c2)S1.CC.CCN1CCCC1. The van der Waals surface area contributed by atoms with Gasteiger partial charge >= 0.3 is 0 Å². The molecule has 46 heavy (non-hydrogen) atoms. The number of nitriles is 2. The number of hydrogen-bond acceptors (Lipinski definition) is 9. The maximum absolute atomic E-state index is 12.9. The van der Waals surface area contributed by atoms with E-state index in [1.807, 2.05) is 44.2 Å². The van der Waals surface area contributed by atoms with Crippen LogP contribution in [0.5, 0.6) is 0 Å². The van der Waals surface area contributed by atoms with Crippen LogP contribution in [-0.4, -0.2) is 68.1 Å². The number of allylic oxidation sites excluding steroid dienone is 4. The Morgan fingerprint density at radius 1 is 1.13 bits per heavy atom. The Morgan fingerprint density at radius 2 is 1.80 bits per heavy atom. The fourth-order valence-electron chi connectivity index (χ4n) is 4.83. The zero-order chi connectivity index (χ0) is 34.1. The van der Waals surface area contributed by atoms with Crippen LogP contribution in [0.2, 0.25) is 0 Å². The molecule has 0 radical (unpaired) electrons. The number of hydrogen-bond donors (Lipinski definition) is 3. The van der Waals surface area contributed by atoms with Gasteiger partial charge in [-0.2, -0.15) is 15.6 Å². The Kier molecular flexibility index (Phi) is 15.9. The minimum atomic E-state index is -1.08. The summed E-state index contributed by atoms with van der Waals surface area (Å²) in [5.74, 6) is -1.05. The van der Waals surface area contributed by atoms with Crippen molar-refractivity contribution in [1.82, 2.24) is 15.3 Å². The minimum absolute atomic E-state index is 0.0413. The third kappa shape index (κ3) is 10.4. The third-order valence-corrected chi connectivity index (χ3v) is 8.55. The van der Waals surface area contributed by atoms with Crippen LogP contribution in [0, 0.1) is 22.7 Å². The first-order chi connectivity index (χ1) is 22.2. The van der Waals surface area contributed by atoms with Crippen LogP contribution < -0.4 is 16.8 Å². The average molecular weight is 644 g/mol. The number of nitrogens with two attached hydrogens (primary N) is 2. The van der Waals surface area contributed by atoms with Crippen molar-refractivity contribution in [3.8, 4) is 12.1 Å². The second-order valence-electron chi connectivity index (χ2n) is 10.2. The average Bonchev–Trinajstić information content (AvgIpc) is 3.61. The second kappa shape index (κ2) is 19.3. The first-order valence-corrected chi connectivity index (χ1v) is 16.2. The van der Waals surface area contributed by atoms with Gasteiger partial charge in [-0.1, -0.05) is 69.5 Å². The number of likely N-dealkylation sites (N-methyl/N-ethyl adjacent to an activating group) is 1. The van der Waals surface area contributed by atoms with Gasteiger partial charge in [0.05, 0.1) is 18.2 Å². The lowest BCUT2D eigenvalue weighted by atomic mass is 10.0. The van der Waals surface area contributed by atoms with Crippen molar-refractivity contribution in [3.05, 3.63) is 94.5 Å². The highest BCUT2D eigenvalue weighted by atomic mass is 32.2. The molecular weight excluding hydrogens is 598 g/mol. The van der Waals surface area contributed by atoms with Gasteiger partial charge in [-0.15, -0.1) is 0 Å². The Hall–Kier alpha value is -4.23. The smallest absolute Gasteiger partial charge is 0.263 e. The van der Waals surface area contributed by atoms with Gasteiger partial charge in [0.1, 0.15) is 11.6 Å². The molecule has 11 heteroatoms. The molecule has 10 nitrogen and oxygen atoms in total. The number of hydroxylamine groups is 2. The summed E-state index contributed by atoms with van der Waals surface area (Å²) >= 11 is 1.22. The molecule has 2 aromatic carbocycles. The van der Waals surface area contributed by atoms with Crippen LogP contribution in [0.15, 0.2) is 83.3 Å². The quantitative estimate of drug-likeness (QED) is 0.197. The second-order valence-corrected chi connectivity index (χ2v) is 11.6. The molecule has 4 rings (SSSR count). The van der Waals surface area contributed by atoms with E-state index in [0.717, 1.165) is 16.3 Å². The van der Waals surface area contributed by atoms with Crippen molar-refractivity contribution < 1.29 is 14.4 Å². The topological polar surface area (TPSA) is 162 Å². The summed E-state index contributed by atoms with van der Waals surface area (Å²) in [6.07, 6.45) is 9.06. The van der Waals surface area contributed by atoms with Crippen molar-refractivity contribution >= 4 is 34.3 Å². The molecule has 2 aromatic rings. The van der Waals surface area contributed by atoms with Gasteiger partial charge in [0.2, 0.25) is 5.91 Å². The van der Waals surface area contributed by atoms with Crippen LogP contribution in [0.4, 0.5) is 0 Å². The Morgan fingerprint density at radius 3 is 2.37 bits per heavy atom. The van der Waals surface area contributed by atoms with Gasteiger partial charge in [0.15, 0.2) is 4.93 Å². The third-order valence-electron chi connectivity index (χ3n) is 7.16. The maximum Gasteiger partial charge on any atom is 0.263 e. The summed E-state index contributed by atoms with van der Waals surface area (Å²) < 4.78 is 0. The number of primary amides is 1. The Bertz CT molecular complexity index is 1550. The van der Waals surface area contributed by atoms with E-state index in [-0.39, 0.29) is 25.2 Å². The number of fused-ring (bicyclic) bond motifs is 1. The molecule has 0 aromatic heterocycles. The number of carbonyl (C=O) groups excluding carboxylic acids is 2. The number of nitrogens with one attached hydrogen (secondary N) is 1. The largest absolute Gasteiger partial charge is 0.366 e. The van der Waals surface area contributed by atoms with Crippen molar-refractivity contribution in [1.29, 1.82) is 10.5 Å². The summed E-state index contributed by atoms with van der Waals surface area (Å²) in [7, 11) is 1.70. The molecule has 0 saturated carbocycles. The molecule has 0 bridgehead atoms. The number of amides is 2. The summed E-state index contributed by atoms with van der Waals surface area (Å²) in [6.45, 7) is 14.1. The molecule has 0 aliphatic carbocycles. The van der Waals surface area contributed by atoms with Crippen LogP contribution in [0.3, 0.4) is 0 Å². The van der Waals surface area contributed by atoms with E-state index in [2.05, 4.69) is 23.7 Å². The van der Waals surface area contributed by atoms with Gasteiger partial charge in [-0.3, -0.25) is 14.4 Å². The van der Waals surface area contributed by atoms with Gasteiger partial charge in [-0.25, -0.2) is 0 Å². The molecule has 1 unspecified atom stereocenters. The molecule has 2 saturated heterocycles. The summed E-state index contributed by atoms with van der Waals surface area (Å²) in [5.41, 5.74) is 13.1. The monoisotopic (exact) mass is 643 g/mol. The van der Waals surface area contributed by atoms with Gasteiger partial charge in [-0.05, 0) is 79.2 Å². The van der Waals surface area contributed by atoms with E-state index in [0.29, 0.717) is 16.0 Å². The van der Waals surface area contributed by atoms with Gasteiger partial charge in [0.25, 0.3) is 5.91 Å². The zero-order valence-electron chi connectivity index (χ0n) is 27.2. The number of benzene rings is 2. The zero-order valence-corrected chi connectivity index (χ0v) is 28.0. The predicted molar refractivity (Wildman–Crippen MR) is 186 cm³/mol. The summed E-state index contributed by atoms with van der Waals surface area (Å²) in [4.78, 5) is 32.4. The van der Waals surface area contributed by atoms with E-state index in [1.54, 1.807) is 48.5 Å². The molecule has 1 atom stereocenters. The molecule has 2 aliphatic heterocycles. The molecule has 244 valence electrons. The van der Waals surface area contributed by atoms with Crippen LogP contribution in [0.25, 0.3) is 10.8 Å². The van der Waals surface area contributed by atoms with Crippen LogP contribution in [-0.2, 0) is 14.6 Å². The summed E-state index contributed by atoms with van der Waals surface area (Å²) in [6, 6.07) is 14.7. The molecule has 2 aliphatic rings. The van der Waals surface area contributed by atoms with Crippen LogP contribution >= 0.6 is 11.8 Å². The lowest BCUT2D eigenvalue weighted by molar-refractivity contribution is -0.196. The molecule has 0 spiro atoms. The number of rotatable bonds is 9. The van der Waals surface area contributed by atoms with E-state index in [9.17, 15) is 14.9 Å². The minimum Gasteiger partial charge on any atom is -0.366 e. The van der Waals surface area contributed by atoms with Crippen molar-refractivity contribution in [2.45, 2.75) is 38.5 Å². The maximum atomic E-state index is 12.9. The van der Waals surface area contributed by atoms with Crippen molar-refractivity contribution in [3.63, 3.8) is 0 Å². The highest BCUT2D eigenvalue weighted by Crippen LogP contribution is 2.47. The van der Waals surface area contributed by atoms with E-state index in [4.69, 9.17) is 21.6 Å². The Balaban J connectivity index is 0.000000711. The lowest BCUT2D eigenvalue weighted by Crippen LogP contribution is -2.45. The van der Waals surface area contributed by atoms with Gasteiger partial charge in [0, 0.05) is 30.6 Å². The van der Waals surface area contributed by atoms with Crippen molar-refractivity contribution in [2.75, 3.05) is 46.3 Å².